The lowest BCUT2D eigenvalue weighted by Crippen LogP contribution is -2.14. The van der Waals surface area contributed by atoms with Crippen LogP contribution in [0.5, 0.6) is 0 Å². The van der Waals surface area contributed by atoms with E-state index in [1.807, 2.05) is 19.3 Å². The average molecular weight is 223 g/mol. The maximum absolute atomic E-state index is 13.3. The van der Waals surface area contributed by atoms with E-state index in [1.165, 1.54) is 10.9 Å². The first-order valence-electron chi connectivity index (χ1n) is 5.02. The predicted octanol–water partition coefficient (Wildman–Crippen LogP) is 0.582. The van der Waals surface area contributed by atoms with Crippen molar-refractivity contribution in [3.05, 3.63) is 35.7 Å². The SMILES string of the molecule is Cn1ccc(CNCc2cnn(C)c2F)n1. The fourth-order valence-corrected chi connectivity index (χ4v) is 1.47. The molecule has 0 unspecified atom stereocenters. The van der Waals surface area contributed by atoms with E-state index in [9.17, 15) is 4.39 Å². The summed E-state index contributed by atoms with van der Waals surface area (Å²) in [5.41, 5.74) is 1.50. The lowest BCUT2D eigenvalue weighted by Gasteiger charge is -2.00. The van der Waals surface area contributed by atoms with Crippen molar-refractivity contribution in [3.63, 3.8) is 0 Å². The third kappa shape index (κ3) is 2.27. The van der Waals surface area contributed by atoms with Crippen LogP contribution >= 0.6 is 0 Å². The number of hydrogen-bond acceptors (Lipinski definition) is 3. The quantitative estimate of drug-likeness (QED) is 0.825. The van der Waals surface area contributed by atoms with Gasteiger partial charge in [-0.2, -0.15) is 14.6 Å². The Hall–Kier alpha value is -1.69. The van der Waals surface area contributed by atoms with E-state index in [2.05, 4.69) is 15.5 Å². The molecule has 0 radical (unpaired) electrons. The van der Waals surface area contributed by atoms with Crippen molar-refractivity contribution >= 4 is 0 Å². The van der Waals surface area contributed by atoms with E-state index in [-0.39, 0.29) is 5.95 Å². The van der Waals surface area contributed by atoms with Crippen LogP contribution in [-0.4, -0.2) is 19.6 Å². The Morgan fingerprint density at radius 1 is 1.38 bits per heavy atom. The minimum Gasteiger partial charge on any atom is -0.307 e. The van der Waals surface area contributed by atoms with E-state index in [0.717, 1.165) is 5.69 Å². The Kier molecular flexibility index (Phi) is 3.00. The molecule has 0 bridgehead atoms. The number of rotatable bonds is 4. The van der Waals surface area contributed by atoms with E-state index < -0.39 is 0 Å². The largest absolute Gasteiger partial charge is 0.307 e. The minimum atomic E-state index is -0.298. The summed E-state index contributed by atoms with van der Waals surface area (Å²) in [6.45, 7) is 1.07. The highest BCUT2D eigenvalue weighted by atomic mass is 19.1. The molecule has 6 heteroatoms. The smallest absolute Gasteiger partial charge is 0.215 e. The second-order valence-electron chi connectivity index (χ2n) is 3.67. The zero-order valence-corrected chi connectivity index (χ0v) is 9.31. The summed E-state index contributed by atoms with van der Waals surface area (Å²) < 4.78 is 16.3. The molecule has 0 aliphatic rings. The van der Waals surface area contributed by atoms with Crippen LogP contribution in [0.2, 0.25) is 0 Å². The Morgan fingerprint density at radius 3 is 2.75 bits per heavy atom. The Balaban J connectivity index is 1.86. The molecule has 0 aliphatic heterocycles. The van der Waals surface area contributed by atoms with Gasteiger partial charge in [0.15, 0.2) is 0 Å². The maximum atomic E-state index is 13.3. The van der Waals surface area contributed by atoms with Crippen molar-refractivity contribution in [1.82, 2.24) is 24.9 Å². The first-order chi connectivity index (χ1) is 7.66. The van der Waals surface area contributed by atoms with Gasteiger partial charge >= 0.3 is 0 Å². The van der Waals surface area contributed by atoms with Crippen molar-refractivity contribution < 1.29 is 4.39 Å². The van der Waals surface area contributed by atoms with Gasteiger partial charge in [0.1, 0.15) is 0 Å². The van der Waals surface area contributed by atoms with Crippen molar-refractivity contribution in [3.8, 4) is 0 Å². The molecule has 0 aliphatic carbocycles. The molecule has 0 fully saturated rings. The molecule has 2 rings (SSSR count). The van der Waals surface area contributed by atoms with E-state index >= 15 is 0 Å². The number of halogens is 1. The van der Waals surface area contributed by atoms with Gasteiger partial charge in [-0.05, 0) is 6.07 Å². The lowest BCUT2D eigenvalue weighted by atomic mass is 10.3. The van der Waals surface area contributed by atoms with Gasteiger partial charge in [-0.15, -0.1) is 0 Å². The zero-order chi connectivity index (χ0) is 11.5. The van der Waals surface area contributed by atoms with Gasteiger partial charge in [0.05, 0.1) is 11.9 Å². The maximum Gasteiger partial charge on any atom is 0.215 e. The molecule has 0 atom stereocenters. The minimum absolute atomic E-state index is 0.298. The fourth-order valence-electron chi connectivity index (χ4n) is 1.47. The molecular weight excluding hydrogens is 209 g/mol. The number of nitrogens with one attached hydrogen (secondary N) is 1. The van der Waals surface area contributed by atoms with Gasteiger partial charge in [-0.25, -0.2) is 4.68 Å². The van der Waals surface area contributed by atoms with Crippen LogP contribution in [0.25, 0.3) is 0 Å². The molecule has 1 N–H and O–H groups in total. The predicted molar refractivity (Wildman–Crippen MR) is 56.9 cm³/mol. The van der Waals surface area contributed by atoms with Crippen molar-refractivity contribution in [2.45, 2.75) is 13.1 Å². The molecule has 0 spiro atoms. The third-order valence-corrected chi connectivity index (χ3v) is 2.33. The molecule has 2 aromatic rings. The highest BCUT2D eigenvalue weighted by Crippen LogP contribution is 2.04. The first-order valence-corrected chi connectivity index (χ1v) is 5.02. The van der Waals surface area contributed by atoms with Crippen LogP contribution in [0, 0.1) is 5.95 Å². The summed E-state index contributed by atoms with van der Waals surface area (Å²) >= 11 is 0. The van der Waals surface area contributed by atoms with Gasteiger partial charge in [0.25, 0.3) is 0 Å². The molecule has 2 heterocycles. The zero-order valence-electron chi connectivity index (χ0n) is 9.31. The normalized spacial score (nSPS) is 10.9. The van der Waals surface area contributed by atoms with Crippen LogP contribution in [0.15, 0.2) is 18.5 Å². The average Bonchev–Trinajstić information content (AvgIpc) is 2.79. The van der Waals surface area contributed by atoms with Crippen LogP contribution in [0.3, 0.4) is 0 Å². The van der Waals surface area contributed by atoms with Gasteiger partial charge in [0.2, 0.25) is 5.95 Å². The van der Waals surface area contributed by atoms with Gasteiger partial charge in [-0.1, -0.05) is 0 Å². The second kappa shape index (κ2) is 4.44. The number of aryl methyl sites for hydroxylation is 2. The molecule has 2 aromatic heterocycles. The summed E-state index contributed by atoms with van der Waals surface area (Å²) in [7, 11) is 3.45. The Morgan fingerprint density at radius 2 is 2.19 bits per heavy atom. The van der Waals surface area contributed by atoms with Crippen molar-refractivity contribution in [2.75, 3.05) is 0 Å². The van der Waals surface area contributed by atoms with E-state index in [0.29, 0.717) is 18.7 Å². The molecule has 0 saturated heterocycles. The van der Waals surface area contributed by atoms with Gasteiger partial charge in [0, 0.05) is 38.9 Å². The Bertz CT molecular complexity index is 473. The molecular formula is C10H14FN5. The van der Waals surface area contributed by atoms with Crippen LogP contribution in [0.1, 0.15) is 11.3 Å². The van der Waals surface area contributed by atoms with Crippen LogP contribution < -0.4 is 5.32 Å². The topological polar surface area (TPSA) is 47.7 Å². The van der Waals surface area contributed by atoms with Gasteiger partial charge in [-0.3, -0.25) is 4.68 Å². The molecule has 0 saturated carbocycles. The summed E-state index contributed by atoms with van der Waals surface area (Å²) in [6.07, 6.45) is 3.41. The molecule has 0 amide bonds. The van der Waals surface area contributed by atoms with E-state index in [1.54, 1.807) is 11.7 Å². The van der Waals surface area contributed by atoms with Crippen LogP contribution in [0.4, 0.5) is 4.39 Å². The molecule has 16 heavy (non-hydrogen) atoms. The standard InChI is InChI=1S/C10H14FN5/c1-15-4-3-9(14-15)7-12-5-8-6-13-16(2)10(8)11/h3-4,6,12H,5,7H2,1-2H3. The van der Waals surface area contributed by atoms with Gasteiger partial charge < -0.3 is 5.32 Å². The molecule has 86 valence electrons. The first kappa shape index (κ1) is 10.8. The second-order valence-corrected chi connectivity index (χ2v) is 3.67. The number of hydrogen-bond donors (Lipinski definition) is 1. The molecule has 5 nitrogen and oxygen atoms in total. The monoisotopic (exact) mass is 223 g/mol. The summed E-state index contributed by atoms with van der Waals surface area (Å²) in [5.74, 6) is -0.298. The summed E-state index contributed by atoms with van der Waals surface area (Å²) in [4.78, 5) is 0. The summed E-state index contributed by atoms with van der Waals surface area (Å²) in [6, 6.07) is 1.92. The highest BCUT2D eigenvalue weighted by molar-refractivity contribution is 5.06. The third-order valence-electron chi connectivity index (χ3n) is 2.33. The van der Waals surface area contributed by atoms with Crippen LogP contribution in [-0.2, 0) is 27.2 Å². The number of aromatic nitrogens is 4. The number of nitrogens with zero attached hydrogens (tertiary/aromatic N) is 4. The molecule has 0 aromatic carbocycles. The Labute approximate surface area is 92.9 Å². The van der Waals surface area contributed by atoms with Crippen molar-refractivity contribution in [1.29, 1.82) is 0 Å². The highest BCUT2D eigenvalue weighted by Gasteiger charge is 2.06. The summed E-state index contributed by atoms with van der Waals surface area (Å²) in [5, 5.41) is 11.2. The van der Waals surface area contributed by atoms with Crippen molar-refractivity contribution in [2.24, 2.45) is 14.1 Å². The fraction of sp³-hybridized carbons (Fsp3) is 0.400. The van der Waals surface area contributed by atoms with E-state index in [4.69, 9.17) is 0 Å². The lowest BCUT2D eigenvalue weighted by molar-refractivity contribution is 0.489.